The minimum absolute atomic E-state index is 0.0203. The number of aryl methyl sites for hydroxylation is 1. The maximum Gasteiger partial charge on any atom is 0.261 e. The molecule has 0 unspecified atom stereocenters. The van der Waals surface area contributed by atoms with E-state index >= 15 is 0 Å². The highest BCUT2D eigenvalue weighted by molar-refractivity contribution is 9.10. The summed E-state index contributed by atoms with van der Waals surface area (Å²) in [4.78, 5) is 0.116. The van der Waals surface area contributed by atoms with Crippen molar-refractivity contribution in [3.8, 4) is 0 Å². The van der Waals surface area contributed by atoms with Crippen LogP contribution >= 0.6 is 27.5 Å². The molecular weight excluding hydrogens is 369 g/mol. The Labute approximate surface area is 130 Å². The lowest BCUT2D eigenvalue weighted by molar-refractivity contribution is 0.601. The number of rotatable bonds is 3. The fraction of sp³-hybridized carbons (Fsp3) is 0.0769. The van der Waals surface area contributed by atoms with Crippen LogP contribution in [0.2, 0.25) is 5.02 Å². The van der Waals surface area contributed by atoms with E-state index in [-0.39, 0.29) is 20.1 Å². The molecule has 2 aromatic rings. The standard InChI is InChI=1S/C13H10BrClFNO2S/c1-8-3-2-4-10(5-8)20(18,19)17-13-11(14)6-9(16)7-12(13)15/h2-7,17H,1H3. The summed E-state index contributed by atoms with van der Waals surface area (Å²) in [6.07, 6.45) is 0. The third-order valence-electron chi connectivity index (χ3n) is 2.54. The first kappa shape index (κ1) is 15.3. The van der Waals surface area contributed by atoms with Crippen molar-refractivity contribution in [2.75, 3.05) is 4.72 Å². The minimum Gasteiger partial charge on any atom is -0.277 e. The molecule has 0 amide bonds. The van der Waals surface area contributed by atoms with Crippen LogP contribution < -0.4 is 4.72 Å². The van der Waals surface area contributed by atoms with Gasteiger partial charge in [0.2, 0.25) is 0 Å². The largest absolute Gasteiger partial charge is 0.277 e. The Balaban J connectivity index is 2.44. The molecule has 0 aromatic heterocycles. The lowest BCUT2D eigenvalue weighted by atomic mass is 10.2. The molecule has 0 aliphatic carbocycles. The van der Waals surface area contributed by atoms with E-state index in [1.165, 1.54) is 12.1 Å². The highest BCUT2D eigenvalue weighted by Gasteiger charge is 2.18. The molecule has 0 heterocycles. The molecule has 0 radical (unpaired) electrons. The van der Waals surface area contributed by atoms with Gasteiger partial charge in [0.15, 0.2) is 0 Å². The second-order valence-corrected chi connectivity index (χ2v) is 7.11. The van der Waals surface area contributed by atoms with Crippen molar-refractivity contribution in [2.45, 2.75) is 11.8 Å². The molecular formula is C13H10BrClFNO2S. The smallest absolute Gasteiger partial charge is 0.261 e. The Morgan fingerprint density at radius 3 is 2.55 bits per heavy atom. The number of hydrogen-bond donors (Lipinski definition) is 1. The van der Waals surface area contributed by atoms with Gasteiger partial charge in [-0.15, -0.1) is 0 Å². The van der Waals surface area contributed by atoms with Crippen molar-refractivity contribution in [1.82, 2.24) is 0 Å². The van der Waals surface area contributed by atoms with Crippen LogP contribution in [-0.4, -0.2) is 8.42 Å². The Kier molecular flexibility index (Phi) is 4.36. The quantitative estimate of drug-likeness (QED) is 0.863. The highest BCUT2D eigenvalue weighted by Crippen LogP contribution is 2.33. The molecule has 0 saturated heterocycles. The zero-order valence-electron chi connectivity index (χ0n) is 10.3. The van der Waals surface area contributed by atoms with E-state index in [1.807, 2.05) is 0 Å². The van der Waals surface area contributed by atoms with E-state index in [2.05, 4.69) is 20.7 Å². The van der Waals surface area contributed by atoms with E-state index in [0.717, 1.165) is 17.7 Å². The average Bonchev–Trinajstić information content (AvgIpc) is 2.34. The Morgan fingerprint density at radius 1 is 1.25 bits per heavy atom. The van der Waals surface area contributed by atoms with Gasteiger partial charge in [0.05, 0.1) is 15.6 Å². The van der Waals surface area contributed by atoms with Crippen molar-refractivity contribution in [3.05, 3.63) is 57.3 Å². The van der Waals surface area contributed by atoms with Crippen LogP contribution in [0, 0.1) is 12.7 Å². The minimum atomic E-state index is -3.78. The van der Waals surface area contributed by atoms with Crippen LogP contribution in [-0.2, 0) is 10.0 Å². The van der Waals surface area contributed by atoms with Crippen LogP contribution in [0.3, 0.4) is 0 Å². The lowest BCUT2D eigenvalue weighted by Gasteiger charge is -2.12. The van der Waals surface area contributed by atoms with Crippen molar-refractivity contribution in [1.29, 1.82) is 0 Å². The highest BCUT2D eigenvalue weighted by atomic mass is 79.9. The normalized spacial score (nSPS) is 11.4. The van der Waals surface area contributed by atoms with Crippen molar-refractivity contribution in [3.63, 3.8) is 0 Å². The van der Waals surface area contributed by atoms with E-state index in [4.69, 9.17) is 11.6 Å². The van der Waals surface area contributed by atoms with Crippen LogP contribution in [0.5, 0.6) is 0 Å². The monoisotopic (exact) mass is 377 g/mol. The Hall–Kier alpha value is -1.11. The van der Waals surface area contributed by atoms with Crippen LogP contribution in [0.15, 0.2) is 45.8 Å². The summed E-state index contributed by atoms with van der Waals surface area (Å²) in [6, 6.07) is 8.62. The molecule has 0 fully saturated rings. The summed E-state index contributed by atoms with van der Waals surface area (Å²) in [7, 11) is -3.78. The fourth-order valence-electron chi connectivity index (χ4n) is 1.62. The van der Waals surface area contributed by atoms with Crippen LogP contribution in [0.25, 0.3) is 0 Å². The number of anilines is 1. The molecule has 20 heavy (non-hydrogen) atoms. The van der Waals surface area contributed by atoms with Gasteiger partial charge in [-0.1, -0.05) is 23.7 Å². The van der Waals surface area contributed by atoms with Gasteiger partial charge < -0.3 is 0 Å². The molecule has 2 aromatic carbocycles. The van der Waals surface area contributed by atoms with Crippen LogP contribution in [0.4, 0.5) is 10.1 Å². The zero-order chi connectivity index (χ0) is 14.9. The predicted molar refractivity (Wildman–Crippen MR) is 81.1 cm³/mol. The molecule has 0 aliphatic heterocycles. The maximum absolute atomic E-state index is 13.1. The lowest BCUT2D eigenvalue weighted by Crippen LogP contribution is -2.14. The third kappa shape index (κ3) is 3.31. The molecule has 0 aliphatic rings. The average molecular weight is 379 g/mol. The maximum atomic E-state index is 13.1. The van der Waals surface area contributed by atoms with Gasteiger partial charge in [-0.2, -0.15) is 0 Å². The zero-order valence-corrected chi connectivity index (χ0v) is 13.5. The summed E-state index contributed by atoms with van der Waals surface area (Å²) in [5.41, 5.74) is 0.923. The molecule has 0 bridgehead atoms. The molecule has 0 atom stereocenters. The van der Waals surface area contributed by atoms with E-state index in [1.54, 1.807) is 19.1 Å². The molecule has 0 saturated carbocycles. The van der Waals surface area contributed by atoms with Gasteiger partial charge in [-0.25, -0.2) is 12.8 Å². The Morgan fingerprint density at radius 2 is 1.95 bits per heavy atom. The summed E-state index contributed by atoms with van der Waals surface area (Å²) in [6.45, 7) is 1.79. The van der Waals surface area contributed by atoms with Gasteiger partial charge in [-0.05, 0) is 52.7 Å². The molecule has 7 heteroatoms. The molecule has 0 spiro atoms. The number of benzene rings is 2. The summed E-state index contributed by atoms with van der Waals surface area (Å²) in [5.74, 6) is -0.555. The van der Waals surface area contributed by atoms with Crippen molar-refractivity contribution < 1.29 is 12.8 Å². The van der Waals surface area contributed by atoms with Gasteiger partial charge in [0.25, 0.3) is 10.0 Å². The number of nitrogens with one attached hydrogen (secondary N) is 1. The van der Waals surface area contributed by atoms with E-state index in [0.29, 0.717) is 0 Å². The van der Waals surface area contributed by atoms with Gasteiger partial charge in [0.1, 0.15) is 5.82 Å². The van der Waals surface area contributed by atoms with Crippen molar-refractivity contribution >= 4 is 43.2 Å². The third-order valence-corrected chi connectivity index (χ3v) is 4.81. The van der Waals surface area contributed by atoms with Crippen LogP contribution in [0.1, 0.15) is 5.56 Å². The second-order valence-electron chi connectivity index (χ2n) is 4.17. The number of sulfonamides is 1. The first-order valence-electron chi connectivity index (χ1n) is 5.53. The second kappa shape index (κ2) is 5.71. The van der Waals surface area contributed by atoms with Gasteiger partial charge in [0, 0.05) is 4.47 Å². The Bertz CT molecular complexity index is 742. The number of halogens is 3. The summed E-state index contributed by atoms with van der Waals surface area (Å²) >= 11 is 8.95. The van der Waals surface area contributed by atoms with Crippen molar-refractivity contribution in [2.24, 2.45) is 0 Å². The molecule has 1 N–H and O–H groups in total. The predicted octanol–water partition coefficient (Wildman–Crippen LogP) is 4.35. The molecule has 2 rings (SSSR count). The topological polar surface area (TPSA) is 46.2 Å². The summed E-state index contributed by atoms with van der Waals surface area (Å²) < 4.78 is 40.2. The first-order chi connectivity index (χ1) is 9.29. The van der Waals surface area contributed by atoms with Gasteiger partial charge >= 0.3 is 0 Å². The fourth-order valence-corrected chi connectivity index (χ4v) is 3.91. The molecule has 3 nitrogen and oxygen atoms in total. The first-order valence-corrected chi connectivity index (χ1v) is 8.19. The van der Waals surface area contributed by atoms with Gasteiger partial charge in [-0.3, -0.25) is 4.72 Å². The number of hydrogen-bond acceptors (Lipinski definition) is 2. The SMILES string of the molecule is Cc1cccc(S(=O)(=O)Nc2c(Cl)cc(F)cc2Br)c1. The summed E-state index contributed by atoms with van der Waals surface area (Å²) in [5, 5.41) is -0.0203. The molecule has 106 valence electrons. The van der Waals surface area contributed by atoms with E-state index < -0.39 is 15.8 Å². The van der Waals surface area contributed by atoms with E-state index in [9.17, 15) is 12.8 Å².